The van der Waals surface area contributed by atoms with Gasteiger partial charge in [0.1, 0.15) is 11.4 Å². The fraction of sp³-hybridized carbons (Fsp3) is 0.474. The van der Waals surface area contributed by atoms with Crippen molar-refractivity contribution in [1.29, 1.82) is 0 Å². The Labute approximate surface area is 143 Å². The van der Waals surface area contributed by atoms with Crippen molar-refractivity contribution in [1.82, 2.24) is 10.1 Å². The zero-order valence-electron chi connectivity index (χ0n) is 14.6. The summed E-state index contributed by atoms with van der Waals surface area (Å²) in [5.74, 6) is 0.643. The van der Waals surface area contributed by atoms with Gasteiger partial charge < -0.3 is 14.7 Å². The number of aryl methyl sites for hydroxylation is 2. The molecule has 1 N–H and O–H groups in total. The van der Waals surface area contributed by atoms with Gasteiger partial charge in [0.15, 0.2) is 5.76 Å². The maximum Gasteiger partial charge on any atom is 0.321 e. The van der Waals surface area contributed by atoms with Crippen LogP contribution < -0.4 is 5.32 Å². The van der Waals surface area contributed by atoms with Crippen molar-refractivity contribution in [3.63, 3.8) is 0 Å². The molecule has 2 heterocycles. The van der Waals surface area contributed by atoms with Crippen LogP contribution in [0.5, 0.6) is 0 Å². The lowest BCUT2D eigenvalue weighted by molar-refractivity contribution is 0.212. The van der Waals surface area contributed by atoms with Gasteiger partial charge in [-0.2, -0.15) is 0 Å². The second-order valence-corrected chi connectivity index (χ2v) is 6.90. The van der Waals surface area contributed by atoms with Crippen molar-refractivity contribution in [2.45, 2.75) is 45.4 Å². The maximum absolute atomic E-state index is 12.6. The van der Waals surface area contributed by atoms with Crippen LogP contribution in [0.3, 0.4) is 0 Å². The number of hydrogen-bond acceptors (Lipinski definition) is 3. The third-order valence-corrected chi connectivity index (χ3v) is 5.11. The van der Waals surface area contributed by atoms with E-state index in [1.54, 1.807) is 0 Å². The van der Waals surface area contributed by atoms with E-state index in [1.807, 2.05) is 24.8 Å². The van der Waals surface area contributed by atoms with Gasteiger partial charge in [0.05, 0.1) is 0 Å². The van der Waals surface area contributed by atoms with Crippen molar-refractivity contribution < 1.29 is 9.32 Å². The fourth-order valence-electron chi connectivity index (χ4n) is 3.46. The van der Waals surface area contributed by atoms with E-state index < -0.39 is 0 Å². The number of nitrogens with one attached hydrogen (secondary N) is 1. The highest BCUT2D eigenvalue weighted by Gasteiger charge is 2.31. The molecule has 5 heteroatoms. The number of likely N-dealkylation sites (tertiary alicyclic amines) is 1. The topological polar surface area (TPSA) is 58.4 Å². The molecule has 0 bridgehead atoms. The monoisotopic (exact) mass is 327 g/mol. The zero-order valence-corrected chi connectivity index (χ0v) is 14.6. The summed E-state index contributed by atoms with van der Waals surface area (Å²) in [4.78, 5) is 14.5. The molecule has 1 aromatic heterocycles. The standard InChI is InChI=1S/C19H25N3O2/c1-14-17(15(2)24-21-14)20-18(23)22-12-7-10-19(3,11-13-22)16-8-5-4-6-9-16/h4-6,8-9H,7,10-13H2,1-3H3,(H,20,23)/t19-/m0/s1. The van der Waals surface area contributed by atoms with Crippen LogP contribution in [-0.2, 0) is 5.41 Å². The highest BCUT2D eigenvalue weighted by atomic mass is 16.5. The van der Waals surface area contributed by atoms with Crippen molar-refractivity contribution in [2.75, 3.05) is 18.4 Å². The lowest BCUT2D eigenvalue weighted by Crippen LogP contribution is -2.36. The van der Waals surface area contributed by atoms with Gasteiger partial charge >= 0.3 is 6.03 Å². The summed E-state index contributed by atoms with van der Waals surface area (Å²) in [7, 11) is 0. The molecule has 5 nitrogen and oxygen atoms in total. The van der Waals surface area contributed by atoms with E-state index in [0.717, 1.165) is 32.4 Å². The number of anilines is 1. The van der Waals surface area contributed by atoms with Crippen LogP contribution in [-0.4, -0.2) is 29.2 Å². The smallest absolute Gasteiger partial charge is 0.321 e. The second kappa shape index (κ2) is 6.67. The number of rotatable bonds is 2. The summed E-state index contributed by atoms with van der Waals surface area (Å²) in [5.41, 5.74) is 2.89. The van der Waals surface area contributed by atoms with E-state index in [1.165, 1.54) is 5.56 Å². The first-order chi connectivity index (χ1) is 11.5. The summed E-state index contributed by atoms with van der Waals surface area (Å²) >= 11 is 0. The molecule has 3 rings (SSSR count). The van der Waals surface area contributed by atoms with Crippen LogP contribution in [0, 0.1) is 13.8 Å². The van der Waals surface area contributed by atoms with Gasteiger partial charge in [-0.25, -0.2) is 4.79 Å². The minimum Gasteiger partial charge on any atom is -0.359 e. The fourth-order valence-corrected chi connectivity index (χ4v) is 3.46. The normalized spacial score (nSPS) is 21.4. The lowest BCUT2D eigenvalue weighted by Gasteiger charge is -2.29. The number of nitrogens with zero attached hydrogens (tertiary/aromatic N) is 2. The summed E-state index contributed by atoms with van der Waals surface area (Å²) in [5, 5.41) is 6.84. The molecule has 1 atom stereocenters. The van der Waals surface area contributed by atoms with Gasteiger partial charge in [0.2, 0.25) is 0 Å². The van der Waals surface area contributed by atoms with E-state index in [9.17, 15) is 4.79 Å². The molecule has 0 unspecified atom stereocenters. The van der Waals surface area contributed by atoms with Crippen LogP contribution in [0.2, 0.25) is 0 Å². The lowest BCUT2D eigenvalue weighted by atomic mass is 9.76. The van der Waals surface area contributed by atoms with E-state index >= 15 is 0 Å². The molecule has 0 saturated carbocycles. The van der Waals surface area contributed by atoms with Crippen molar-refractivity contribution in [3.05, 3.63) is 47.3 Å². The Kier molecular flexibility index (Phi) is 4.60. The SMILES string of the molecule is Cc1noc(C)c1NC(=O)N1CCC[C@](C)(c2ccccc2)CC1. The Bertz CT molecular complexity index is 691. The van der Waals surface area contributed by atoms with Crippen LogP contribution in [0.1, 0.15) is 43.2 Å². The summed E-state index contributed by atoms with van der Waals surface area (Å²) in [6.07, 6.45) is 3.05. The molecule has 1 aliphatic rings. The Balaban J connectivity index is 1.68. The van der Waals surface area contributed by atoms with Crippen LogP contribution in [0.15, 0.2) is 34.9 Å². The van der Waals surface area contributed by atoms with E-state index in [2.05, 4.69) is 41.7 Å². The highest BCUT2D eigenvalue weighted by molar-refractivity contribution is 5.90. The Morgan fingerprint density at radius 3 is 2.62 bits per heavy atom. The van der Waals surface area contributed by atoms with E-state index in [0.29, 0.717) is 17.1 Å². The first kappa shape index (κ1) is 16.6. The predicted molar refractivity (Wildman–Crippen MR) is 94.2 cm³/mol. The number of amides is 2. The third-order valence-electron chi connectivity index (χ3n) is 5.11. The average molecular weight is 327 g/mol. The van der Waals surface area contributed by atoms with Gasteiger partial charge in [0, 0.05) is 13.1 Å². The molecule has 24 heavy (non-hydrogen) atoms. The van der Waals surface area contributed by atoms with Gasteiger partial charge in [-0.05, 0) is 44.1 Å². The number of carbonyl (C=O) groups excluding carboxylic acids is 1. The minimum absolute atomic E-state index is 0.0679. The summed E-state index contributed by atoms with van der Waals surface area (Å²) in [6.45, 7) is 7.47. The molecule has 128 valence electrons. The Morgan fingerprint density at radius 2 is 1.96 bits per heavy atom. The molecule has 2 aromatic rings. The van der Waals surface area contributed by atoms with Gasteiger partial charge in [-0.1, -0.05) is 42.4 Å². The van der Waals surface area contributed by atoms with Crippen LogP contribution in [0.25, 0.3) is 0 Å². The molecule has 1 aliphatic heterocycles. The summed E-state index contributed by atoms with van der Waals surface area (Å²) in [6, 6.07) is 10.6. The molecular formula is C19H25N3O2. The second-order valence-electron chi connectivity index (χ2n) is 6.90. The van der Waals surface area contributed by atoms with Gasteiger partial charge in [0.25, 0.3) is 0 Å². The van der Waals surface area contributed by atoms with Gasteiger partial charge in [-0.15, -0.1) is 0 Å². The van der Waals surface area contributed by atoms with Crippen molar-refractivity contribution >= 4 is 11.7 Å². The number of aromatic nitrogens is 1. The Hall–Kier alpha value is -2.30. The Morgan fingerprint density at radius 1 is 1.21 bits per heavy atom. The van der Waals surface area contributed by atoms with Crippen LogP contribution in [0.4, 0.5) is 10.5 Å². The molecule has 0 aliphatic carbocycles. The van der Waals surface area contributed by atoms with Crippen LogP contribution >= 0.6 is 0 Å². The van der Waals surface area contributed by atoms with E-state index in [-0.39, 0.29) is 11.4 Å². The minimum atomic E-state index is -0.0679. The average Bonchev–Trinajstić information content (AvgIpc) is 2.79. The molecule has 1 fully saturated rings. The first-order valence-corrected chi connectivity index (χ1v) is 8.54. The zero-order chi connectivity index (χ0) is 17.2. The molecule has 2 amide bonds. The highest BCUT2D eigenvalue weighted by Crippen LogP contribution is 2.35. The molecule has 0 spiro atoms. The summed E-state index contributed by atoms with van der Waals surface area (Å²) < 4.78 is 5.12. The molecule has 1 aromatic carbocycles. The largest absolute Gasteiger partial charge is 0.359 e. The van der Waals surface area contributed by atoms with Gasteiger partial charge in [-0.3, -0.25) is 0 Å². The quantitative estimate of drug-likeness (QED) is 0.896. The molecule has 0 radical (unpaired) electrons. The van der Waals surface area contributed by atoms with Crippen molar-refractivity contribution in [3.8, 4) is 0 Å². The van der Waals surface area contributed by atoms with E-state index in [4.69, 9.17) is 4.52 Å². The maximum atomic E-state index is 12.6. The van der Waals surface area contributed by atoms with Crippen molar-refractivity contribution in [2.24, 2.45) is 0 Å². The number of benzene rings is 1. The third kappa shape index (κ3) is 3.30. The number of hydrogen-bond donors (Lipinski definition) is 1. The number of carbonyl (C=O) groups is 1. The number of urea groups is 1. The predicted octanol–water partition coefficient (Wildman–Crippen LogP) is 4.27. The first-order valence-electron chi connectivity index (χ1n) is 8.54. The molecular weight excluding hydrogens is 302 g/mol. The molecule has 1 saturated heterocycles.